The molecule has 2 amide bonds. The molecule has 8 heteroatoms. The van der Waals surface area contributed by atoms with Crippen molar-refractivity contribution >= 4 is 11.8 Å². The summed E-state index contributed by atoms with van der Waals surface area (Å²) < 4.78 is 10.8. The van der Waals surface area contributed by atoms with E-state index in [2.05, 4.69) is 22.3 Å². The highest BCUT2D eigenvalue weighted by Gasteiger charge is 2.24. The van der Waals surface area contributed by atoms with Crippen molar-refractivity contribution in [1.82, 2.24) is 20.3 Å². The third kappa shape index (κ3) is 6.55. The first-order valence-corrected chi connectivity index (χ1v) is 10.9. The number of carbonyl (C=O) groups is 2. The van der Waals surface area contributed by atoms with Crippen molar-refractivity contribution in [2.45, 2.75) is 40.2 Å². The van der Waals surface area contributed by atoms with E-state index in [1.54, 1.807) is 0 Å². The van der Waals surface area contributed by atoms with Crippen LogP contribution in [-0.2, 0) is 22.6 Å². The largest absolute Gasteiger partial charge is 0.494 e. The van der Waals surface area contributed by atoms with Gasteiger partial charge < -0.3 is 19.5 Å². The van der Waals surface area contributed by atoms with Crippen LogP contribution in [0, 0.1) is 13.8 Å². The van der Waals surface area contributed by atoms with E-state index in [0.29, 0.717) is 58.1 Å². The van der Waals surface area contributed by atoms with Crippen LogP contribution in [0.5, 0.6) is 5.75 Å². The molecule has 0 unspecified atom stereocenters. The Morgan fingerprint density at radius 2 is 1.97 bits per heavy atom. The van der Waals surface area contributed by atoms with Crippen molar-refractivity contribution in [1.29, 1.82) is 0 Å². The van der Waals surface area contributed by atoms with Crippen molar-refractivity contribution in [3.63, 3.8) is 0 Å². The lowest BCUT2D eigenvalue weighted by molar-refractivity contribution is -0.132. The van der Waals surface area contributed by atoms with E-state index in [1.165, 1.54) is 0 Å². The molecule has 2 heterocycles. The Hall–Kier alpha value is -2.87. The zero-order valence-electron chi connectivity index (χ0n) is 18.6. The molecule has 0 aliphatic carbocycles. The molecular formula is C23H32N4O4. The number of aromatic nitrogens is 1. The van der Waals surface area contributed by atoms with Crippen LogP contribution in [0.15, 0.2) is 28.8 Å². The lowest BCUT2D eigenvalue weighted by Crippen LogP contribution is -2.51. The van der Waals surface area contributed by atoms with Gasteiger partial charge in [-0.1, -0.05) is 24.2 Å². The van der Waals surface area contributed by atoms with E-state index in [9.17, 15) is 9.59 Å². The monoisotopic (exact) mass is 428 g/mol. The Bertz CT molecular complexity index is 868. The summed E-state index contributed by atoms with van der Waals surface area (Å²) in [7, 11) is 0. The van der Waals surface area contributed by atoms with Crippen LogP contribution in [0.1, 0.15) is 35.9 Å². The molecule has 0 radical (unpaired) electrons. The average molecular weight is 429 g/mol. The molecule has 2 aromatic rings. The maximum absolute atomic E-state index is 12.6. The minimum atomic E-state index is -0.0182. The van der Waals surface area contributed by atoms with Gasteiger partial charge in [-0.3, -0.25) is 14.5 Å². The van der Waals surface area contributed by atoms with Crippen LogP contribution in [0.3, 0.4) is 0 Å². The first kappa shape index (κ1) is 22.8. The van der Waals surface area contributed by atoms with E-state index >= 15 is 0 Å². The van der Waals surface area contributed by atoms with Gasteiger partial charge in [0.2, 0.25) is 11.8 Å². The molecule has 8 nitrogen and oxygen atoms in total. The number of hydrogen-bond donors (Lipinski definition) is 1. The van der Waals surface area contributed by atoms with Crippen LogP contribution in [-0.4, -0.2) is 66.1 Å². The van der Waals surface area contributed by atoms with Crippen molar-refractivity contribution in [2.75, 3.05) is 39.3 Å². The zero-order valence-corrected chi connectivity index (χ0v) is 18.6. The fourth-order valence-electron chi connectivity index (χ4n) is 3.60. The number of amides is 2. The lowest BCUT2D eigenvalue weighted by Gasteiger charge is -2.34. The Morgan fingerprint density at radius 3 is 2.65 bits per heavy atom. The van der Waals surface area contributed by atoms with Gasteiger partial charge in [0.05, 0.1) is 25.3 Å². The summed E-state index contributed by atoms with van der Waals surface area (Å²) in [5.74, 6) is 1.58. The van der Waals surface area contributed by atoms with E-state index in [4.69, 9.17) is 9.26 Å². The topological polar surface area (TPSA) is 87.9 Å². The van der Waals surface area contributed by atoms with E-state index < -0.39 is 0 Å². The number of rotatable bonds is 9. The van der Waals surface area contributed by atoms with Crippen LogP contribution < -0.4 is 10.1 Å². The third-order valence-corrected chi connectivity index (χ3v) is 5.46. The summed E-state index contributed by atoms with van der Waals surface area (Å²) in [6.45, 7) is 9.83. The maximum Gasteiger partial charge on any atom is 0.234 e. The van der Waals surface area contributed by atoms with Gasteiger partial charge in [0.1, 0.15) is 11.5 Å². The molecule has 3 rings (SSSR count). The molecule has 168 valence electrons. The van der Waals surface area contributed by atoms with Crippen LogP contribution in [0.4, 0.5) is 0 Å². The Balaban J connectivity index is 1.39. The van der Waals surface area contributed by atoms with Crippen LogP contribution in [0.2, 0.25) is 0 Å². The smallest absolute Gasteiger partial charge is 0.234 e. The molecule has 0 bridgehead atoms. The fraction of sp³-hybridized carbons (Fsp3) is 0.522. The van der Waals surface area contributed by atoms with Crippen molar-refractivity contribution in [3.8, 4) is 5.75 Å². The SMILES string of the molecule is CCCOc1cccc(CNC(=O)CN2CCN(C(=O)Cc3c(C)noc3C)CC2)c1. The number of aryl methyl sites for hydroxylation is 2. The molecule has 0 spiro atoms. The number of nitrogens with zero attached hydrogens (tertiary/aromatic N) is 3. The highest BCUT2D eigenvalue weighted by atomic mass is 16.5. The van der Waals surface area contributed by atoms with Gasteiger partial charge in [0, 0.05) is 38.3 Å². The molecule has 1 aliphatic rings. The second-order valence-corrected chi connectivity index (χ2v) is 7.91. The van der Waals surface area contributed by atoms with Gasteiger partial charge in [0.15, 0.2) is 0 Å². The standard InChI is InChI=1S/C23H32N4O4/c1-4-12-30-20-7-5-6-19(13-20)15-24-22(28)16-26-8-10-27(11-9-26)23(29)14-21-17(2)25-31-18(21)3/h5-7,13H,4,8-12,14-16H2,1-3H3,(H,24,28). The molecule has 1 aromatic carbocycles. The highest BCUT2D eigenvalue weighted by molar-refractivity contribution is 5.80. The highest BCUT2D eigenvalue weighted by Crippen LogP contribution is 2.15. The second-order valence-electron chi connectivity index (χ2n) is 7.91. The minimum Gasteiger partial charge on any atom is -0.494 e. The van der Waals surface area contributed by atoms with Gasteiger partial charge in [0.25, 0.3) is 0 Å². The first-order chi connectivity index (χ1) is 15.0. The van der Waals surface area contributed by atoms with Crippen molar-refractivity contribution < 1.29 is 18.8 Å². The number of benzene rings is 1. The van der Waals surface area contributed by atoms with E-state index in [0.717, 1.165) is 29.0 Å². The maximum atomic E-state index is 12.6. The number of hydrogen-bond acceptors (Lipinski definition) is 6. The van der Waals surface area contributed by atoms with Gasteiger partial charge >= 0.3 is 0 Å². The van der Waals surface area contributed by atoms with Crippen molar-refractivity contribution in [3.05, 3.63) is 46.8 Å². The molecular weight excluding hydrogens is 396 g/mol. The zero-order chi connectivity index (χ0) is 22.2. The Morgan fingerprint density at radius 1 is 1.19 bits per heavy atom. The second kappa shape index (κ2) is 10.9. The summed E-state index contributed by atoms with van der Waals surface area (Å²) in [6, 6.07) is 7.79. The molecule has 1 saturated heterocycles. The third-order valence-electron chi connectivity index (χ3n) is 5.46. The molecule has 1 fully saturated rings. The lowest BCUT2D eigenvalue weighted by atomic mass is 10.1. The molecule has 1 N–H and O–H groups in total. The number of carbonyl (C=O) groups excluding carboxylic acids is 2. The Kier molecular flexibility index (Phi) is 8.06. The van der Waals surface area contributed by atoms with Crippen LogP contribution in [0.25, 0.3) is 0 Å². The number of ether oxygens (including phenoxy) is 1. The molecule has 0 saturated carbocycles. The summed E-state index contributed by atoms with van der Waals surface area (Å²) in [6.07, 6.45) is 1.27. The minimum absolute atomic E-state index is 0.0182. The molecule has 1 aromatic heterocycles. The number of nitrogens with one attached hydrogen (secondary N) is 1. The fourth-order valence-corrected chi connectivity index (χ4v) is 3.60. The summed E-state index contributed by atoms with van der Waals surface area (Å²) in [4.78, 5) is 28.9. The predicted molar refractivity (Wildman–Crippen MR) is 117 cm³/mol. The first-order valence-electron chi connectivity index (χ1n) is 10.9. The summed E-state index contributed by atoms with van der Waals surface area (Å²) in [5, 5.41) is 6.88. The molecule has 31 heavy (non-hydrogen) atoms. The van der Waals surface area contributed by atoms with Gasteiger partial charge in [-0.15, -0.1) is 0 Å². The summed E-state index contributed by atoms with van der Waals surface area (Å²) >= 11 is 0. The van der Waals surface area contributed by atoms with E-state index in [1.807, 2.05) is 43.0 Å². The van der Waals surface area contributed by atoms with Gasteiger partial charge in [-0.25, -0.2) is 0 Å². The van der Waals surface area contributed by atoms with Crippen molar-refractivity contribution in [2.24, 2.45) is 0 Å². The average Bonchev–Trinajstić information content (AvgIpc) is 3.09. The molecule has 1 aliphatic heterocycles. The quantitative estimate of drug-likeness (QED) is 0.658. The summed E-state index contributed by atoms with van der Waals surface area (Å²) in [5.41, 5.74) is 2.65. The van der Waals surface area contributed by atoms with Crippen LogP contribution >= 0.6 is 0 Å². The van der Waals surface area contributed by atoms with Gasteiger partial charge in [-0.05, 0) is 38.0 Å². The van der Waals surface area contributed by atoms with E-state index in [-0.39, 0.29) is 11.8 Å². The normalized spacial score (nSPS) is 14.5. The molecule has 0 atom stereocenters. The number of piperazine rings is 1. The van der Waals surface area contributed by atoms with Gasteiger partial charge in [-0.2, -0.15) is 0 Å². The Labute approximate surface area is 183 Å². The predicted octanol–water partition coefficient (Wildman–Crippen LogP) is 2.08.